The monoisotopic (exact) mass is 213 g/mol. The van der Waals surface area contributed by atoms with Gasteiger partial charge in [0.1, 0.15) is 0 Å². The molecule has 0 amide bonds. The van der Waals surface area contributed by atoms with E-state index in [1.165, 1.54) is 0 Å². The first-order chi connectivity index (χ1) is 7.13. The average Bonchev–Trinajstić information content (AvgIpc) is 2.26. The fourth-order valence-corrected chi connectivity index (χ4v) is 2.13. The van der Waals surface area contributed by atoms with Crippen LogP contribution in [0.25, 0.3) is 0 Å². The molecule has 2 N–H and O–H groups in total. The molecule has 3 heteroatoms. The van der Waals surface area contributed by atoms with Gasteiger partial charge in [-0.1, -0.05) is 6.92 Å². The molecule has 1 aliphatic carbocycles. The molecular weight excluding hydrogens is 190 g/mol. The maximum atomic E-state index is 10.8. The van der Waals surface area contributed by atoms with Crippen molar-refractivity contribution in [1.29, 1.82) is 0 Å². The molecule has 0 aliphatic heterocycles. The van der Waals surface area contributed by atoms with Crippen LogP contribution in [-0.4, -0.2) is 23.7 Å². The minimum absolute atomic E-state index is 0.0788. The highest BCUT2D eigenvalue weighted by atomic mass is 16.4. The highest BCUT2D eigenvalue weighted by Gasteiger charge is 2.25. The summed E-state index contributed by atoms with van der Waals surface area (Å²) in [6, 6.07) is 0.585. The van der Waals surface area contributed by atoms with E-state index in [2.05, 4.69) is 19.2 Å². The van der Waals surface area contributed by atoms with Crippen molar-refractivity contribution in [2.24, 2.45) is 11.8 Å². The van der Waals surface area contributed by atoms with Gasteiger partial charge in [0.05, 0.1) is 5.92 Å². The van der Waals surface area contributed by atoms with Crippen molar-refractivity contribution in [2.75, 3.05) is 6.54 Å². The van der Waals surface area contributed by atoms with Crippen molar-refractivity contribution in [1.82, 2.24) is 5.32 Å². The van der Waals surface area contributed by atoms with Crippen LogP contribution in [0.4, 0.5) is 0 Å². The molecule has 0 spiro atoms. The van der Waals surface area contributed by atoms with Gasteiger partial charge in [0.25, 0.3) is 0 Å². The van der Waals surface area contributed by atoms with E-state index < -0.39 is 5.97 Å². The molecule has 1 aliphatic rings. The molecule has 0 radical (unpaired) electrons. The van der Waals surface area contributed by atoms with Crippen LogP contribution in [0.5, 0.6) is 0 Å². The first-order valence-corrected chi connectivity index (χ1v) is 6.09. The third kappa shape index (κ3) is 4.20. The maximum absolute atomic E-state index is 10.8. The van der Waals surface area contributed by atoms with Crippen LogP contribution in [-0.2, 0) is 4.79 Å². The van der Waals surface area contributed by atoms with Crippen molar-refractivity contribution in [3.05, 3.63) is 0 Å². The molecule has 0 saturated heterocycles. The van der Waals surface area contributed by atoms with Crippen LogP contribution in [0, 0.1) is 11.8 Å². The van der Waals surface area contributed by atoms with Gasteiger partial charge in [-0.2, -0.15) is 0 Å². The summed E-state index contributed by atoms with van der Waals surface area (Å²) in [5.74, 6) is 0.00258. The van der Waals surface area contributed by atoms with E-state index >= 15 is 0 Å². The minimum atomic E-state index is -0.608. The van der Waals surface area contributed by atoms with E-state index in [1.54, 1.807) is 0 Å². The Hall–Kier alpha value is -0.570. The highest BCUT2D eigenvalue weighted by molar-refractivity contribution is 5.69. The second-order valence-corrected chi connectivity index (χ2v) is 4.77. The topological polar surface area (TPSA) is 49.3 Å². The summed E-state index contributed by atoms with van der Waals surface area (Å²) in [5, 5.41) is 12.4. The second-order valence-electron chi connectivity index (χ2n) is 4.77. The Balaban J connectivity index is 2.17. The van der Waals surface area contributed by atoms with Crippen molar-refractivity contribution < 1.29 is 9.90 Å². The van der Waals surface area contributed by atoms with E-state index in [1.807, 2.05) is 0 Å². The number of aliphatic carboxylic acids is 1. The van der Waals surface area contributed by atoms with Crippen molar-refractivity contribution in [2.45, 2.75) is 52.0 Å². The molecule has 0 aromatic rings. The standard InChI is InChI=1S/C12H23NO2/c1-3-9(2)13-8-10-4-6-11(7-5-10)12(14)15/h9-11,13H,3-8H2,1-2H3,(H,14,15). The third-order valence-corrected chi connectivity index (χ3v) is 3.56. The summed E-state index contributed by atoms with van der Waals surface area (Å²) in [6.07, 6.45) is 5.02. The molecule has 0 aromatic carbocycles. The lowest BCUT2D eigenvalue weighted by atomic mass is 9.82. The van der Waals surface area contributed by atoms with Crippen LogP contribution < -0.4 is 5.32 Å². The SMILES string of the molecule is CCC(C)NCC1CCC(C(=O)O)CC1. The molecular formula is C12H23NO2. The zero-order chi connectivity index (χ0) is 11.3. The Bertz CT molecular complexity index is 198. The number of rotatable bonds is 5. The summed E-state index contributed by atoms with van der Waals surface area (Å²) in [6.45, 7) is 5.43. The minimum Gasteiger partial charge on any atom is -0.481 e. The lowest BCUT2D eigenvalue weighted by Crippen LogP contribution is -2.33. The predicted octanol–water partition coefficient (Wildman–Crippen LogP) is 2.27. The van der Waals surface area contributed by atoms with Gasteiger partial charge in [-0.3, -0.25) is 4.79 Å². The molecule has 0 aromatic heterocycles. The van der Waals surface area contributed by atoms with Gasteiger partial charge < -0.3 is 10.4 Å². The van der Waals surface area contributed by atoms with Gasteiger partial charge in [-0.25, -0.2) is 0 Å². The Morgan fingerprint density at radius 1 is 1.40 bits per heavy atom. The van der Waals surface area contributed by atoms with Crippen LogP contribution in [0.3, 0.4) is 0 Å². The summed E-state index contributed by atoms with van der Waals surface area (Å²) in [5.41, 5.74) is 0. The van der Waals surface area contributed by atoms with Gasteiger partial charge in [-0.15, -0.1) is 0 Å². The van der Waals surface area contributed by atoms with Crippen molar-refractivity contribution in [3.8, 4) is 0 Å². The fraction of sp³-hybridized carbons (Fsp3) is 0.917. The number of hydrogen-bond donors (Lipinski definition) is 2. The smallest absolute Gasteiger partial charge is 0.306 e. The Kier molecular flexibility index (Phi) is 5.09. The summed E-state index contributed by atoms with van der Waals surface area (Å²) >= 11 is 0. The van der Waals surface area contributed by atoms with Crippen LogP contribution in [0.2, 0.25) is 0 Å². The van der Waals surface area contributed by atoms with Gasteiger partial charge in [0.15, 0.2) is 0 Å². The van der Waals surface area contributed by atoms with E-state index in [4.69, 9.17) is 5.11 Å². The molecule has 1 atom stereocenters. The maximum Gasteiger partial charge on any atom is 0.306 e. The lowest BCUT2D eigenvalue weighted by Gasteiger charge is -2.27. The summed E-state index contributed by atoms with van der Waals surface area (Å²) in [4.78, 5) is 10.8. The van der Waals surface area contributed by atoms with E-state index in [0.717, 1.165) is 38.6 Å². The van der Waals surface area contributed by atoms with Crippen LogP contribution in [0.1, 0.15) is 46.0 Å². The van der Waals surface area contributed by atoms with Crippen LogP contribution >= 0.6 is 0 Å². The van der Waals surface area contributed by atoms with Crippen molar-refractivity contribution in [3.63, 3.8) is 0 Å². The van der Waals surface area contributed by atoms with Gasteiger partial charge in [-0.05, 0) is 51.5 Å². The predicted molar refractivity (Wildman–Crippen MR) is 60.8 cm³/mol. The quantitative estimate of drug-likeness (QED) is 0.736. The van der Waals surface area contributed by atoms with E-state index in [-0.39, 0.29) is 5.92 Å². The number of carboxylic acids is 1. The first kappa shape index (κ1) is 12.5. The van der Waals surface area contributed by atoms with Gasteiger partial charge in [0.2, 0.25) is 0 Å². The second kappa shape index (κ2) is 6.11. The average molecular weight is 213 g/mol. The number of carboxylic acid groups (broad SMARTS) is 1. The number of carbonyl (C=O) groups is 1. The highest BCUT2D eigenvalue weighted by Crippen LogP contribution is 2.28. The normalized spacial score (nSPS) is 28.7. The first-order valence-electron chi connectivity index (χ1n) is 6.09. The van der Waals surface area contributed by atoms with E-state index in [9.17, 15) is 4.79 Å². The van der Waals surface area contributed by atoms with Gasteiger partial charge in [0, 0.05) is 6.04 Å². The lowest BCUT2D eigenvalue weighted by molar-refractivity contribution is -0.143. The summed E-state index contributed by atoms with van der Waals surface area (Å²) in [7, 11) is 0. The fourth-order valence-electron chi connectivity index (χ4n) is 2.13. The zero-order valence-corrected chi connectivity index (χ0v) is 9.83. The molecule has 1 saturated carbocycles. The molecule has 0 bridgehead atoms. The molecule has 1 rings (SSSR count). The molecule has 0 heterocycles. The van der Waals surface area contributed by atoms with E-state index in [0.29, 0.717) is 12.0 Å². The Morgan fingerprint density at radius 3 is 2.47 bits per heavy atom. The number of hydrogen-bond acceptors (Lipinski definition) is 2. The largest absolute Gasteiger partial charge is 0.481 e. The Morgan fingerprint density at radius 2 is 2.00 bits per heavy atom. The van der Waals surface area contributed by atoms with Gasteiger partial charge >= 0.3 is 5.97 Å². The molecule has 1 fully saturated rings. The third-order valence-electron chi connectivity index (χ3n) is 3.56. The zero-order valence-electron chi connectivity index (χ0n) is 9.83. The van der Waals surface area contributed by atoms with Crippen molar-refractivity contribution >= 4 is 5.97 Å². The summed E-state index contributed by atoms with van der Waals surface area (Å²) < 4.78 is 0. The molecule has 3 nitrogen and oxygen atoms in total. The Labute approximate surface area is 92.3 Å². The number of nitrogens with one attached hydrogen (secondary N) is 1. The molecule has 88 valence electrons. The molecule has 1 unspecified atom stereocenters. The van der Waals surface area contributed by atoms with Crippen LogP contribution in [0.15, 0.2) is 0 Å². The molecule has 15 heavy (non-hydrogen) atoms.